The Labute approximate surface area is 96.4 Å². The Morgan fingerprint density at radius 1 is 1.53 bits per heavy atom. The Kier molecular flexibility index (Phi) is 3.51. The molecule has 0 aromatic carbocycles. The van der Waals surface area contributed by atoms with Crippen LogP contribution >= 0.6 is 26.6 Å². The van der Waals surface area contributed by atoms with Crippen molar-refractivity contribution in [3.05, 3.63) is 16.2 Å². The minimum Gasteiger partial charge on any atom is -0.505 e. The summed E-state index contributed by atoms with van der Waals surface area (Å²) >= 11 is 2.73. The van der Waals surface area contributed by atoms with Crippen molar-refractivity contribution in [3.63, 3.8) is 0 Å². The summed E-state index contributed by atoms with van der Waals surface area (Å²) in [5.74, 6) is -1.14. The SMILES string of the molecule is O=S(=O)(Cl)c1nc(Br)cc(C(F)F)c1O. The van der Waals surface area contributed by atoms with Crippen molar-refractivity contribution >= 4 is 35.7 Å². The second-order valence-corrected chi connectivity index (χ2v) is 5.72. The van der Waals surface area contributed by atoms with Crippen LogP contribution in [0.5, 0.6) is 5.75 Å². The molecule has 0 atom stereocenters. The molecule has 4 nitrogen and oxygen atoms in total. The molecule has 1 heterocycles. The average Bonchev–Trinajstić information content (AvgIpc) is 2.06. The molecule has 0 aliphatic rings. The maximum atomic E-state index is 12.3. The Bertz CT molecular complexity index is 493. The summed E-state index contributed by atoms with van der Waals surface area (Å²) in [5, 5.41) is 8.20. The molecule has 0 bridgehead atoms. The zero-order chi connectivity index (χ0) is 11.8. The summed E-state index contributed by atoms with van der Waals surface area (Å²) in [5.41, 5.74) is -0.851. The number of hydrogen-bond acceptors (Lipinski definition) is 4. The number of hydrogen-bond donors (Lipinski definition) is 1. The maximum absolute atomic E-state index is 12.3. The van der Waals surface area contributed by atoms with Crippen molar-refractivity contribution < 1.29 is 22.3 Å². The molecule has 1 N–H and O–H groups in total. The summed E-state index contributed by atoms with van der Waals surface area (Å²) < 4.78 is 46.2. The molecule has 84 valence electrons. The Morgan fingerprint density at radius 3 is 2.47 bits per heavy atom. The Hall–Kier alpha value is -0.470. The number of rotatable bonds is 2. The van der Waals surface area contributed by atoms with Crippen LogP contribution in [0.15, 0.2) is 15.7 Å². The van der Waals surface area contributed by atoms with Crippen LogP contribution in [0.2, 0.25) is 0 Å². The van der Waals surface area contributed by atoms with Gasteiger partial charge in [0.15, 0.2) is 5.75 Å². The smallest absolute Gasteiger partial charge is 0.282 e. The van der Waals surface area contributed by atoms with Crippen LogP contribution in [0, 0.1) is 0 Å². The molecule has 1 aromatic rings. The fraction of sp³-hybridized carbons (Fsp3) is 0.167. The third-order valence-electron chi connectivity index (χ3n) is 1.43. The highest BCUT2D eigenvalue weighted by atomic mass is 79.9. The maximum Gasteiger partial charge on any atom is 0.282 e. The van der Waals surface area contributed by atoms with Gasteiger partial charge in [-0.3, -0.25) is 0 Å². The summed E-state index contributed by atoms with van der Waals surface area (Å²) in [6.07, 6.45) is -3.03. The van der Waals surface area contributed by atoms with E-state index >= 15 is 0 Å². The highest BCUT2D eigenvalue weighted by Crippen LogP contribution is 2.35. The molecule has 1 aromatic heterocycles. The van der Waals surface area contributed by atoms with Crippen LogP contribution in [-0.4, -0.2) is 18.5 Å². The standard InChI is InChI=1S/C6H3BrClF2NO3S/c7-3-1-2(5(9)10)4(12)6(11-3)15(8,13)14/h1,5,12H. The molecular formula is C6H3BrClF2NO3S. The molecule has 0 saturated carbocycles. The van der Waals surface area contributed by atoms with Gasteiger partial charge in [-0.1, -0.05) is 0 Å². The number of aromatic nitrogens is 1. The third-order valence-corrected chi connectivity index (χ3v) is 3.02. The minimum atomic E-state index is -4.36. The lowest BCUT2D eigenvalue weighted by molar-refractivity contribution is 0.146. The van der Waals surface area contributed by atoms with Crippen molar-refractivity contribution in [2.75, 3.05) is 0 Å². The molecule has 0 unspecified atom stereocenters. The summed E-state index contributed by atoms with van der Waals surface area (Å²) in [7, 11) is 0.532. The predicted octanol–water partition coefficient (Wildman–Crippen LogP) is 2.41. The van der Waals surface area contributed by atoms with Crippen molar-refractivity contribution in [3.8, 4) is 5.75 Å². The summed E-state index contributed by atoms with van der Waals surface area (Å²) in [6, 6.07) is 0.811. The predicted molar refractivity (Wildman–Crippen MR) is 51.6 cm³/mol. The Balaban J connectivity index is 3.56. The van der Waals surface area contributed by atoms with E-state index in [2.05, 4.69) is 20.9 Å². The van der Waals surface area contributed by atoms with Crippen LogP contribution in [0.25, 0.3) is 0 Å². The molecule has 0 spiro atoms. The van der Waals surface area contributed by atoms with Gasteiger partial charge in [0.25, 0.3) is 15.5 Å². The molecule has 0 radical (unpaired) electrons. The van der Waals surface area contributed by atoms with Crippen molar-refractivity contribution in [1.29, 1.82) is 0 Å². The van der Waals surface area contributed by atoms with E-state index in [9.17, 15) is 22.3 Å². The van der Waals surface area contributed by atoms with Gasteiger partial charge in [-0.05, 0) is 22.0 Å². The molecule has 0 saturated heterocycles. The normalized spacial score (nSPS) is 12.1. The van der Waals surface area contributed by atoms with E-state index in [0.29, 0.717) is 0 Å². The molecule has 0 aliphatic carbocycles. The van der Waals surface area contributed by atoms with E-state index in [1.54, 1.807) is 0 Å². The fourth-order valence-electron chi connectivity index (χ4n) is 0.839. The first-order valence-corrected chi connectivity index (χ1v) is 6.46. The number of aromatic hydroxyl groups is 1. The van der Waals surface area contributed by atoms with E-state index in [1.807, 2.05) is 0 Å². The second kappa shape index (κ2) is 4.18. The van der Waals surface area contributed by atoms with Crippen molar-refractivity contribution in [2.24, 2.45) is 0 Å². The topological polar surface area (TPSA) is 67.3 Å². The minimum absolute atomic E-state index is 0.158. The van der Waals surface area contributed by atoms with Crippen LogP contribution < -0.4 is 0 Å². The molecule has 0 amide bonds. The van der Waals surface area contributed by atoms with Crippen LogP contribution in [0.3, 0.4) is 0 Å². The number of nitrogens with zero attached hydrogens (tertiary/aromatic N) is 1. The highest BCUT2D eigenvalue weighted by molar-refractivity contribution is 9.10. The van der Waals surface area contributed by atoms with Gasteiger partial charge in [-0.15, -0.1) is 0 Å². The Morgan fingerprint density at radius 2 is 2.07 bits per heavy atom. The van der Waals surface area contributed by atoms with Crippen LogP contribution in [-0.2, 0) is 9.05 Å². The lowest BCUT2D eigenvalue weighted by Gasteiger charge is -2.06. The van der Waals surface area contributed by atoms with Gasteiger partial charge in [-0.2, -0.15) is 0 Å². The van der Waals surface area contributed by atoms with Crippen molar-refractivity contribution in [1.82, 2.24) is 4.98 Å². The fourth-order valence-corrected chi connectivity index (χ4v) is 2.26. The van der Waals surface area contributed by atoms with E-state index in [0.717, 1.165) is 6.07 Å². The molecule has 9 heteroatoms. The van der Waals surface area contributed by atoms with Gasteiger partial charge in [-0.25, -0.2) is 22.2 Å². The molecule has 1 rings (SSSR count). The first-order valence-electron chi connectivity index (χ1n) is 3.35. The lowest BCUT2D eigenvalue weighted by atomic mass is 10.2. The first kappa shape index (κ1) is 12.6. The lowest BCUT2D eigenvalue weighted by Crippen LogP contribution is -1.99. The number of pyridine rings is 1. The van der Waals surface area contributed by atoms with E-state index < -0.39 is 31.8 Å². The molecule has 0 fully saturated rings. The number of alkyl halides is 2. The summed E-state index contributed by atoms with van der Waals surface area (Å²) in [6.45, 7) is 0. The average molecular weight is 323 g/mol. The molecule has 0 aliphatic heterocycles. The van der Waals surface area contributed by atoms with E-state index in [4.69, 9.17) is 10.7 Å². The second-order valence-electron chi connectivity index (χ2n) is 2.43. The van der Waals surface area contributed by atoms with E-state index in [1.165, 1.54) is 0 Å². The van der Waals surface area contributed by atoms with Gasteiger partial charge < -0.3 is 5.11 Å². The van der Waals surface area contributed by atoms with Gasteiger partial charge in [0, 0.05) is 10.7 Å². The molecular weight excluding hydrogens is 319 g/mol. The highest BCUT2D eigenvalue weighted by Gasteiger charge is 2.25. The monoisotopic (exact) mass is 321 g/mol. The third kappa shape index (κ3) is 2.76. The van der Waals surface area contributed by atoms with Gasteiger partial charge in [0.1, 0.15) is 4.60 Å². The first-order chi connectivity index (χ1) is 6.73. The van der Waals surface area contributed by atoms with Crippen LogP contribution in [0.4, 0.5) is 8.78 Å². The molecule has 15 heavy (non-hydrogen) atoms. The van der Waals surface area contributed by atoms with Gasteiger partial charge >= 0.3 is 0 Å². The number of halogens is 4. The largest absolute Gasteiger partial charge is 0.505 e. The van der Waals surface area contributed by atoms with E-state index in [-0.39, 0.29) is 4.60 Å². The van der Waals surface area contributed by atoms with Crippen molar-refractivity contribution in [2.45, 2.75) is 11.5 Å². The summed E-state index contributed by atoms with van der Waals surface area (Å²) in [4.78, 5) is 3.30. The zero-order valence-electron chi connectivity index (χ0n) is 6.79. The van der Waals surface area contributed by atoms with Gasteiger partial charge in [0.05, 0.1) is 5.56 Å². The van der Waals surface area contributed by atoms with Gasteiger partial charge in [0.2, 0.25) is 5.03 Å². The zero-order valence-corrected chi connectivity index (χ0v) is 9.94. The van der Waals surface area contributed by atoms with Crippen LogP contribution in [0.1, 0.15) is 12.0 Å². The quantitative estimate of drug-likeness (QED) is 0.671.